The van der Waals surface area contributed by atoms with Crippen LogP contribution in [0.25, 0.3) is 10.9 Å². The number of para-hydroxylation sites is 1. The van der Waals surface area contributed by atoms with E-state index in [1.807, 2.05) is 9.80 Å². The minimum atomic E-state index is -4.57. The van der Waals surface area contributed by atoms with Crippen molar-refractivity contribution < 1.29 is 26.3 Å². The molecular weight excluding hydrogens is 521 g/mol. The molecule has 4 aromatic rings. The number of nitrogens with zero attached hydrogens (tertiary/aromatic N) is 5. The number of ether oxygens (including phenoxy) is 1. The quantitative estimate of drug-likeness (QED) is 0.386. The zero-order valence-corrected chi connectivity index (χ0v) is 21.0. The van der Waals surface area contributed by atoms with Gasteiger partial charge in [0.15, 0.2) is 11.6 Å². The lowest BCUT2D eigenvalue weighted by Gasteiger charge is -2.37. The van der Waals surface area contributed by atoms with E-state index in [4.69, 9.17) is 4.74 Å². The highest BCUT2D eigenvalue weighted by Gasteiger charge is 2.34. The number of sulfonamides is 1. The first kappa shape index (κ1) is 25.5. The summed E-state index contributed by atoms with van der Waals surface area (Å²) in [5.41, 5.74) is -0.233. The molecule has 0 spiro atoms. The lowest BCUT2D eigenvalue weighted by atomic mass is 10.1. The van der Waals surface area contributed by atoms with E-state index in [-0.39, 0.29) is 16.2 Å². The predicted octanol–water partition coefficient (Wildman–Crippen LogP) is 4.18. The normalized spacial score (nSPS) is 14.5. The van der Waals surface area contributed by atoms with Crippen molar-refractivity contribution in [1.29, 1.82) is 0 Å². The van der Waals surface area contributed by atoms with Crippen LogP contribution in [0.4, 0.5) is 30.5 Å². The molecule has 0 bridgehead atoms. The van der Waals surface area contributed by atoms with Crippen molar-refractivity contribution in [1.82, 2.24) is 15.0 Å². The molecule has 9 nitrogen and oxygen atoms in total. The van der Waals surface area contributed by atoms with Gasteiger partial charge < -0.3 is 14.5 Å². The first-order valence-corrected chi connectivity index (χ1v) is 13.1. The number of halogens is 3. The fourth-order valence-corrected chi connectivity index (χ4v) is 5.31. The molecule has 0 unspecified atom stereocenters. The average Bonchev–Trinajstić information content (AvgIpc) is 2.92. The van der Waals surface area contributed by atoms with Crippen LogP contribution in [0.5, 0.6) is 5.75 Å². The second kappa shape index (κ2) is 9.97. The van der Waals surface area contributed by atoms with Crippen molar-refractivity contribution in [3.63, 3.8) is 0 Å². The molecule has 1 fully saturated rings. The van der Waals surface area contributed by atoms with Gasteiger partial charge in [0, 0.05) is 49.6 Å². The molecule has 2 aromatic carbocycles. The molecule has 5 rings (SSSR count). The molecule has 3 heterocycles. The van der Waals surface area contributed by atoms with Crippen LogP contribution in [0, 0.1) is 0 Å². The van der Waals surface area contributed by atoms with E-state index in [9.17, 15) is 21.6 Å². The highest BCUT2D eigenvalue weighted by atomic mass is 32.2. The number of benzene rings is 2. The summed E-state index contributed by atoms with van der Waals surface area (Å²) in [6.45, 7) is 1.53. The van der Waals surface area contributed by atoms with Gasteiger partial charge in [0.25, 0.3) is 10.0 Å². The van der Waals surface area contributed by atoms with Gasteiger partial charge in [0.1, 0.15) is 11.4 Å². The number of fused-ring (bicyclic) bond motifs is 1. The fraction of sp³-hybridized carbons (Fsp3) is 0.240. The SMILES string of the molecule is COc1ccc(S(=O)(=O)Nc2nccnc2N2CCN(c3cc(C(F)(F)F)nc4ccccc34)CC2)cc1. The first-order chi connectivity index (χ1) is 18.2. The molecule has 198 valence electrons. The Hall–Kier alpha value is -4.13. The average molecular weight is 545 g/mol. The van der Waals surface area contributed by atoms with Crippen molar-refractivity contribution in [2.24, 2.45) is 0 Å². The topological polar surface area (TPSA) is 101 Å². The van der Waals surface area contributed by atoms with Gasteiger partial charge in [-0.05, 0) is 36.4 Å². The number of hydrogen-bond donors (Lipinski definition) is 1. The van der Waals surface area contributed by atoms with Crippen LogP contribution in [-0.2, 0) is 16.2 Å². The number of hydrogen-bond acceptors (Lipinski definition) is 8. The fourth-order valence-electron chi connectivity index (χ4n) is 4.30. The summed E-state index contributed by atoms with van der Waals surface area (Å²) in [6, 6.07) is 13.7. The number of methoxy groups -OCH3 is 1. The summed E-state index contributed by atoms with van der Waals surface area (Å²) >= 11 is 0. The van der Waals surface area contributed by atoms with E-state index in [0.29, 0.717) is 48.8 Å². The maximum atomic E-state index is 13.5. The van der Waals surface area contributed by atoms with E-state index in [1.54, 1.807) is 36.4 Å². The van der Waals surface area contributed by atoms with Crippen molar-refractivity contribution in [2.45, 2.75) is 11.1 Å². The highest BCUT2D eigenvalue weighted by molar-refractivity contribution is 7.92. The monoisotopic (exact) mass is 544 g/mol. The third kappa shape index (κ3) is 5.14. The smallest absolute Gasteiger partial charge is 0.433 e. The minimum Gasteiger partial charge on any atom is -0.497 e. The van der Waals surface area contributed by atoms with Crippen LogP contribution in [0.1, 0.15) is 5.69 Å². The third-order valence-electron chi connectivity index (χ3n) is 6.18. The summed E-state index contributed by atoms with van der Waals surface area (Å²) in [4.78, 5) is 16.1. The number of alkyl halides is 3. The van der Waals surface area contributed by atoms with E-state index < -0.39 is 21.9 Å². The highest BCUT2D eigenvalue weighted by Crippen LogP contribution is 2.35. The van der Waals surface area contributed by atoms with Gasteiger partial charge in [-0.15, -0.1) is 0 Å². The van der Waals surface area contributed by atoms with Crippen LogP contribution >= 0.6 is 0 Å². The Bertz CT molecular complexity index is 1560. The molecule has 0 amide bonds. The van der Waals surface area contributed by atoms with Crippen LogP contribution < -0.4 is 19.3 Å². The molecule has 0 saturated carbocycles. The van der Waals surface area contributed by atoms with Crippen molar-refractivity contribution >= 4 is 38.2 Å². The van der Waals surface area contributed by atoms with Gasteiger partial charge in [0.2, 0.25) is 0 Å². The minimum absolute atomic E-state index is 0.0322. The summed E-state index contributed by atoms with van der Waals surface area (Å²) < 4.78 is 74.1. The summed E-state index contributed by atoms with van der Waals surface area (Å²) in [5.74, 6) is 0.914. The van der Waals surface area contributed by atoms with Crippen molar-refractivity contribution in [2.75, 3.05) is 47.8 Å². The van der Waals surface area contributed by atoms with Crippen LogP contribution in [0.2, 0.25) is 0 Å². The lowest BCUT2D eigenvalue weighted by Crippen LogP contribution is -2.47. The summed E-state index contributed by atoms with van der Waals surface area (Å²) in [6.07, 6.45) is -1.73. The van der Waals surface area contributed by atoms with Crippen molar-refractivity contribution in [3.8, 4) is 5.75 Å². The molecule has 0 aliphatic carbocycles. The van der Waals surface area contributed by atoms with Gasteiger partial charge in [-0.3, -0.25) is 4.72 Å². The van der Waals surface area contributed by atoms with E-state index in [2.05, 4.69) is 19.7 Å². The molecule has 0 atom stereocenters. The van der Waals surface area contributed by atoms with Gasteiger partial charge in [-0.1, -0.05) is 18.2 Å². The summed E-state index contributed by atoms with van der Waals surface area (Å²) in [7, 11) is -2.47. The molecular formula is C25H23F3N6O3S. The summed E-state index contributed by atoms with van der Waals surface area (Å²) in [5, 5.41) is 0.626. The standard InChI is InChI=1S/C25H23F3N6O3S/c1-37-17-6-8-18(9-7-17)38(35,36)32-23-24(30-11-10-29-23)34-14-12-33(13-15-34)21-16-22(25(26,27)28)31-20-5-3-2-4-19(20)21/h2-11,16H,12-15H2,1H3,(H,29,32). The number of rotatable bonds is 6. The van der Waals surface area contributed by atoms with Gasteiger partial charge in [-0.2, -0.15) is 13.2 Å². The zero-order valence-electron chi connectivity index (χ0n) is 20.2. The molecule has 0 radical (unpaired) electrons. The van der Waals surface area contributed by atoms with E-state index in [1.165, 1.54) is 31.6 Å². The second-order valence-electron chi connectivity index (χ2n) is 8.53. The van der Waals surface area contributed by atoms with Gasteiger partial charge >= 0.3 is 6.18 Å². The third-order valence-corrected chi connectivity index (χ3v) is 7.54. The molecule has 13 heteroatoms. The number of aromatic nitrogens is 3. The van der Waals surface area contributed by atoms with E-state index >= 15 is 0 Å². The number of pyridine rings is 1. The Morgan fingerprint density at radius 2 is 1.58 bits per heavy atom. The number of piperazine rings is 1. The Labute approximate surface area is 217 Å². The maximum Gasteiger partial charge on any atom is 0.433 e. The molecule has 38 heavy (non-hydrogen) atoms. The molecule has 1 N–H and O–H groups in total. The predicted molar refractivity (Wildman–Crippen MR) is 137 cm³/mol. The molecule has 1 aliphatic rings. The van der Waals surface area contributed by atoms with Gasteiger partial charge in [0.05, 0.1) is 17.5 Å². The van der Waals surface area contributed by atoms with Crippen LogP contribution in [-0.4, -0.2) is 56.7 Å². The largest absolute Gasteiger partial charge is 0.497 e. The van der Waals surface area contributed by atoms with Gasteiger partial charge in [-0.25, -0.2) is 23.4 Å². The van der Waals surface area contributed by atoms with Crippen LogP contribution in [0.3, 0.4) is 0 Å². The molecule has 1 aliphatic heterocycles. The molecule has 1 saturated heterocycles. The lowest BCUT2D eigenvalue weighted by molar-refractivity contribution is -0.140. The van der Waals surface area contributed by atoms with E-state index in [0.717, 1.165) is 6.07 Å². The van der Waals surface area contributed by atoms with Crippen molar-refractivity contribution in [3.05, 3.63) is 72.7 Å². The Morgan fingerprint density at radius 3 is 2.26 bits per heavy atom. The zero-order chi connectivity index (χ0) is 26.9. The van der Waals surface area contributed by atoms with Crippen LogP contribution in [0.15, 0.2) is 71.9 Å². The second-order valence-corrected chi connectivity index (χ2v) is 10.2. The number of anilines is 3. The Kier molecular flexibility index (Phi) is 6.69. The Morgan fingerprint density at radius 1 is 0.921 bits per heavy atom. The molecule has 2 aromatic heterocycles. The first-order valence-electron chi connectivity index (χ1n) is 11.6. The maximum absolute atomic E-state index is 13.5. The number of nitrogens with one attached hydrogen (secondary N) is 1. The Balaban J connectivity index is 1.37.